The van der Waals surface area contributed by atoms with Crippen LogP contribution in [0.1, 0.15) is 19.8 Å². The molecule has 0 heterocycles. The number of hydrogen-bond acceptors (Lipinski definition) is 4. The van der Waals surface area contributed by atoms with E-state index in [-0.39, 0.29) is 5.91 Å². The van der Waals surface area contributed by atoms with Crippen LogP contribution >= 0.6 is 0 Å². The minimum absolute atomic E-state index is 0.157. The molecule has 1 unspecified atom stereocenters. The summed E-state index contributed by atoms with van der Waals surface area (Å²) in [5.41, 5.74) is 6.45. The Morgan fingerprint density at radius 2 is 2.00 bits per heavy atom. The van der Waals surface area contributed by atoms with E-state index >= 15 is 0 Å². The molecule has 1 rings (SSSR count). The molecule has 5 heteroatoms. The number of carbonyl (C=O) groups is 1. The Morgan fingerprint density at radius 1 is 1.32 bits per heavy atom. The summed E-state index contributed by atoms with van der Waals surface area (Å²) in [6.07, 6.45) is 1.57. The maximum atomic E-state index is 11.7. The number of nitrogens with two attached hydrogens (primary N) is 1. The van der Waals surface area contributed by atoms with Crippen LogP contribution in [0.15, 0.2) is 24.3 Å². The van der Waals surface area contributed by atoms with E-state index < -0.39 is 6.04 Å². The summed E-state index contributed by atoms with van der Waals surface area (Å²) in [4.78, 5) is 11.7. The molecule has 19 heavy (non-hydrogen) atoms. The van der Waals surface area contributed by atoms with Crippen LogP contribution in [0.25, 0.3) is 0 Å². The fraction of sp³-hybridized carbons (Fsp3) is 0.500. The fourth-order valence-electron chi connectivity index (χ4n) is 1.55. The van der Waals surface area contributed by atoms with Crippen LogP contribution in [-0.4, -0.2) is 32.3 Å². The molecule has 0 fully saturated rings. The van der Waals surface area contributed by atoms with Crippen molar-refractivity contribution in [2.45, 2.75) is 25.8 Å². The van der Waals surface area contributed by atoms with Crippen molar-refractivity contribution in [2.75, 3.05) is 25.6 Å². The lowest BCUT2D eigenvalue weighted by atomic mass is 10.1. The topological polar surface area (TPSA) is 73.6 Å². The number of ether oxygens (including phenoxy) is 2. The monoisotopic (exact) mass is 266 g/mol. The van der Waals surface area contributed by atoms with E-state index in [4.69, 9.17) is 15.2 Å². The molecule has 5 nitrogen and oxygen atoms in total. The van der Waals surface area contributed by atoms with E-state index in [1.165, 1.54) is 0 Å². The predicted molar refractivity (Wildman–Crippen MR) is 75.3 cm³/mol. The summed E-state index contributed by atoms with van der Waals surface area (Å²) in [6, 6.07) is 6.73. The van der Waals surface area contributed by atoms with Gasteiger partial charge in [0.05, 0.1) is 12.6 Å². The molecule has 3 N–H and O–H groups in total. The normalized spacial score (nSPS) is 11.9. The van der Waals surface area contributed by atoms with Crippen molar-refractivity contribution in [1.82, 2.24) is 0 Å². The van der Waals surface area contributed by atoms with Crippen LogP contribution in [0, 0.1) is 0 Å². The summed E-state index contributed by atoms with van der Waals surface area (Å²) < 4.78 is 10.3. The summed E-state index contributed by atoms with van der Waals surface area (Å²) >= 11 is 0. The van der Waals surface area contributed by atoms with Crippen molar-refractivity contribution in [1.29, 1.82) is 0 Å². The zero-order chi connectivity index (χ0) is 14.1. The van der Waals surface area contributed by atoms with Gasteiger partial charge in [0.2, 0.25) is 5.91 Å². The first kappa shape index (κ1) is 15.5. The van der Waals surface area contributed by atoms with Gasteiger partial charge in [-0.3, -0.25) is 4.79 Å². The molecule has 0 aromatic heterocycles. The van der Waals surface area contributed by atoms with Gasteiger partial charge in [0.25, 0.3) is 0 Å². The molecule has 1 atom stereocenters. The first-order chi connectivity index (χ1) is 9.17. The fourth-order valence-corrected chi connectivity index (χ4v) is 1.55. The highest BCUT2D eigenvalue weighted by atomic mass is 16.5. The Labute approximate surface area is 114 Å². The molecule has 0 aliphatic carbocycles. The van der Waals surface area contributed by atoms with Crippen LogP contribution in [0.2, 0.25) is 0 Å². The van der Waals surface area contributed by atoms with Gasteiger partial charge in [-0.2, -0.15) is 0 Å². The number of carbonyl (C=O) groups excluding carboxylic acids is 1. The smallest absolute Gasteiger partial charge is 0.241 e. The van der Waals surface area contributed by atoms with Crippen LogP contribution in [-0.2, 0) is 9.53 Å². The van der Waals surface area contributed by atoms with Gasteiger partial charge >= 0.3 is 0 Å². The van der Waals surface area contributed by atoms with Crippen LogP contribution in [0.5, 0.6) is 5.75 Å². The number of anilines is 1. The molecule has 106 valence electrons. The number of methoxy groups -OCH3 is 1. The SMILES string of the molecule is CCCC(N)C(=O)Nc1ccc(OCCOC)cc1. The van der Waals surface area contributed by atoms with Crippen LogP contribution < -0.4 is 15.8 Å². The average molecular weight is 266 g/mol. The van der Waals surface area contributed by atoms with Crippen LogP contribution in [0.4, 0.5) is 5.69 Å². The Kier molecular flexibility index (Phi) is 6.92. The minimum atomic E-state index is -0.456. The first-order valence-corrected chi connectivity index (χ1v) is 6.45. The molecule has 0 saturated carbocycles. The predicted octanol–water partition coefficient (Wildman–Crippen LogP) is 1.78. The van der Waals surface area contributed by atoms with Gasteiger partial charge in [0, 0.05) is 12.8 Å². The van der Waals surface area contributed by atoms with E-state index in [1.54, 1.807) is 31.4 Å². The van der Waals surface area contributed by atoms with Gasteiger partial charge in [-0.1, -0.05) is 13.3 Å². The van der Waals surface area contributed by atoms with Gasteiger partial charge in [-0.25, -0.2) is 0 Å². The molecule has 1 aromatic carbocycles. The van der Waals surface area contributed by atoms with Crippen molar-refractivity contribution in [3.8, 4) is 5.75 Å². The second kappa shape index (κ2) is 8.50. The van der Waals surface area contributed by atoms with E-state index in [2.05, 4.69) is 5.32 Å². The molecule has 1 amide bonds. The summed E-state index contributed by atoms with van der Waals surface area (Å²) in [6.45, 7) is 3.05. The Balaban J connectivity index is 2.45. The van der Waals surface area contributed by atoms with Crippen molar-refractivity contribution < 1.29 is 14.3 Å². The van der Waals surface area contributed by atoms with Gasteiger partial charge in [0.1, 0.15) is 12.4 Å². The molecule has 0 saturated heterocycles. The molecule has 1 aromatic rings. The van der Waals surface area contributed by atoms with E-state index in [9.17, 15) is 4.79 Å². The number of nitrogens with one attached hydrogen (secondary N) is 1. The number of rotatable bonds is 8. The van der Waals surface area contributed by atoms with Gasteiger partial charge in [-0.05, 0) is 30.7 Å². The lowest BCUT2D eigenvalue weighted by molar-refractivity contribution is -0.117. The number of benzene rings is 1. The third-order valence-electron chi connectivity index (χ3n) is 2.61. The molecular formula is C14H22N2O3. The second-order valence-corrected chi connectivity index (χ2v) is 4.25. The molecule has 0 aliphatic rings. The Hall–Kier alpha value is -1.59. The Morgan fingerprint density at radius 3 is 2.58 bits per heavy atom. The van der Waals surface area contributed by atoms with Crippen molar-refractivity contribution in [2.24, 2.45) is 5.73 Å². The molecular weight excluding hydrogens is 244 g/mol. The lowest BCUT2D eigenvalue weighted by Crippen LogP contribution is -2.35. The Bertz CT molecular complexity index is 379. The van der Waals surface area contributed by atoms with Crippen LogP contribution in [0.3, 0.4) is 0 Å². The average Bonchev–Trinajstić information content (AvgIpc) is 2.41. The summed E-state index contributed by atoms with van der Waals surface area (Å²) in [5.74, 6) is 0.586. The van der Waals surface area contributed by atoms with E-state index in [1.807, 2.05) is 6.92 Å². The van der Waals surface area contributed by atoms with Gasteiger partial charge in [-0.15, -0.1) is 0 Å². The second-order valence-electron chi connectivity index (χ2n) is 4.25. The summed E-state index contributed by atoms with van der Waals surface area (Å²) in [7, 11) is 1.63. The minimum Gasteiger partial charge on any atom is -0.491 e. The quantitative estimate of drug-likeness (QED) is 0.703. The van der Waals surface area contributed by atoms with E-state index in [0.29, 0.717) is 19.6 Å². The standard InChI is InChI=1S/C14H22N2O3/c1-3-4-13(15)14(17)16-11-5-7-12(8-6-11)19-10-9-18-2/h5-8,13H,3-4,9-10,15H2,1-2H3,(H,16,17). The zero-order valence-corrected chi connectivity index (χ0v) is 11.5. The van der Waals surface area contributed by atoms with Crippen molar-refractivity contribution >= 4 is 11.6 Å². The molecule has 0 bridgehead atoms. The first-order valence-electron chi connectivity index (χ1n) is 6.45. The highest BCUT2D eigenvalue weighted by Gasteiger charge is 2.11. The van der Waals surface area contributed by atoms with Gasteiger partial charge in [0.15, 0.2) is 0 Å². The molecule has 0 radical (unpaired) electrons. The third-order valence-corrected chi connectivity index (χ3v) is 2.61. The highest BCUT2D eigenvalue weighted by molar-refractivity contribution is 5.94. The summed E-state index contributed by atoms with van der Waals surface area (Å²) in [5, 5.41) is 2.78. The van der Waals surface area contributed by atoms with Crippen molar-refractivity contribution in [3.63, 3.8) is 0 Å². The molecule has 0 aliphatic heterocycles. The number of hydrogen-bond donors (Lipinski definition) is 2. The highest BCUT2D eigenvalue weighted by Crippen LogP contribution is 2.15. The number of amides is 1. The largest absolute Gasteiger partial charge is 0.491 e. The zero-order valence-electron chi connectivity index (χ0n) is 11.5. The maximum Gasteiger partial charge on any atom is 0.241 e. The maximum absolute atomic E-state index is 11.7. The van der Waals surface area contributed by atoms with E-state index in [0.717, 1.165) is 17.9 Å². The third kappa shape index (κ3) is 5.72. The molecule has 0 spiro atoms. The van der Waals surface area contributed by atoms with Gasteiger partial charge < -0.3 is 20.5 Å². The van der Waals surface area contributed by atoms with Crippen molar-refractivity contribution in [3.05, 3.63) is 24.3 Å². The lowest BCUT2D eigenvalue weighted by Gasteiger charge is -2.11.